The summed E-state index contributed by atoms with van der Waals surface area (Å²) in [4.78, 5) is 0. The largest absolute Gasteiger partial charge is 0.479 e. The van der Waals surface area contributed by atoms with Gasteiger partial charge < -0.3 is 10.1 Å². The van der Waals surface area contributed by atoms with Gasteiger partial charge in [-0.25, -0.2) is 8.42 Å². The van der Waals surface area contributed by atoms with E-state index in [9.17, 15) is 8.42 Å². The summed E-state index contributed by atoms with van der Waals surface area (Å²) in [6.45, 7) is 0.0215. The van der Waals surface area contributed by atoms with Crippen LogP contribution in [0, 0.1) is 11.3 Å². The third-order valence-electron chi connectivity index (χ3n) is 2.76. The lowest BCUT2D eigenvalue weighted by Crippen LogP contribution is -2.20. The topological polar surface area (TPSA) is 79.2 Å². The first-order valence-electron chi connectivity index (χ1n) is 5.66. The number of sulfone groups is 1. The molecule has 1 atom stereocenters. The molecule has 1 aliphatic rings. The minimum absolute atomic E-state index is 0.0131. The third kappa shape index (κ3) is 3.37. The first kappa shape index (κ1) is 12.7. The molecular formula is C12H14N2O3S. The van der Waals surface area contributed by atoms with E-state index in [2.05, 4.69) is 5.32 Å². The molecule has 0 aliphatic carbocycles. The van der Waals surface area contributed by atoms with Crippen LogP contribution in [0.2, 0.25) is 0 Å². The van der Waals surface area contributed by atoms with Crippen molar-refractivity contribution in [3.8, 4) is 11.8 Å². The zero-order chi connectivity index (χ0) is 13.0. The normalized spacial score (nSPS) is 21.2. The van der Waals surface area contributed by atoms with Crippen LogP contribution >= 0.6 is 0 Å². The van der Waals surface area contributed by atoms with E-state index in [1.165, 1.54) is 0 Å². The Labute approximate surface area is 106 Å². The highest BCUT2D eigenvalue weighted by molar-refractivity contribution is 7.91. The van der Waals surface area contributed by atoms with Crippen LogP contribution in [0.1, 0.15) is 6.42 Å². The van der Waals surface area contributed by atoms with Crippen LogP contribution in [-0.4, -0.2) is 32.6 Å². The molecule has 2 rings (SSSR count). The molecule has 0 spiro atoms. The molecule has 5 nitrogen and oxygen atoms in total. The molecule has 1 N–H and O–H groups in total. The average molecular weight is 266 g/mol. The van der Waals surface area contributed by atoms with E-state index in [4.69, 9.17) is 10.00 Å². The van der Waals surface area contributed by atoms with E-state index in [-0.39, 0.29) is 24.2 Å². The molecule has 1 aliphatic heterocycles. The van der Waals surface area contributed by atoms with Crippen LogP contribution in [0.3, 0.4) is 0 Å². The zero-order valence-corrected chi connectivity index (χ0v) is 10.6. The van der Waals surface area contributed by atoms with Gasteiger partial charge in [0.25, 0.3) is 0 Å². The van der Waals surface area contributed by atoms with Crippen LogP contribution in [0.15, 0.2) is 24.3 Å². The Balaban J connectivity index is 1.93. The average Bonchev–Trinajstić information content (AvgIpc) is 2.68. The molecule has 96 valence electrons. The molecule has 0 radical (unpaired) electrons. The van der Waals surface area contributed by atoms with Gasteiger partial charge in [0.2, 0.25) is 0 Å². The van der Waals surface area contributed by atoms with Crippen LogP contribution in [0.25, 0.3) is 0 Å². The Bertz CT molecular complexity index is 546. The van der Waals surface area contributed by atoms with Gasteiger partial charge >= 0.3 is 0 Å². The van der Waals surface area contributed by atoms with Crippen molar-refractivity contribution < 1.29 is 13.2 Å². The van der Waals surface area contributed by atoms with Crippen LogP contribution < -0.4 is 10.1 Å². The highest BCUT2D eigenvalue weighted by Crippen LogP contribution is 2.20. The fourth-order valence-corrected chi connectivity index (χ4v) is 3.58. The maximum Gasteiger partial charge on any atom is 0.174 e. The van der Waals surface area contributed by atoms with Crippen molar-refractivity contribution in [3.05, 3.63) is 24.3 Å². The lowest BCUT2D eigenvalue weighted by atomic mass is 10.2. The molecule has 0 bridgehead atoms. The van der Waals surface area contributed by atoms with Gasteiger partial charge in [-0.05, 0) is 30.7 Å². The van der Waals surface area contributed by atoms with E-state index in [1.54, 1.807) is 12.1 Å². The predicted octanol–water partition coefficient (Wildman–Crippen LogP) is 1.19. The fraction of sp³-hybridized carbons (Fsp3) is 0.417. The van der Waals surface area contributed by atoms with Gasteiger partial charge in [-0.2, -0.15) is 5.26 Å². The van der Waals surface area contributed by atoms with E-state index in [0.717, 1.165) is 5.69 Å². The van der Waals surface area contributed by atoms with Crippen molar-refractivity contribution in [2.75, 3.05) is 23.4 Å². The summed E-state index contributed by atoms with van der Waals surface area (Å²) in [5, 5.41) is 11.6. The Morgan fingerprint density at radius 3 is 2.67 bits per heavy atom. The lowest BCUT2D eigenvalue weighted by molar-refractivity contribution is 0.368. The van der Waals surface area contributed by atoms with E-state index >= 15 is 0 Å². The van der Waals surface area contributed by atoms with Gasteiger partial charge in [-0.3, -0.25) is 0 Å². The molecule has 6 heteroatoms. The van der Waals surface area contributed by atoms with E-state index in [1.807, 2.05) is 18.2 Å². The number of hydrogen-bond acceptors (Lipinski definition) is 5. The molecular weight excluding hydrogens is 252 g/mol. The van der Waals surface area contributed by atoms with Crippen molar-refractivity contribution in [1.29, 1.82) is 5.26 Å². The summed E-state index contributed by atoms with van der Waals surface area (Å²) in [6, 6.07) is 9.02. The van der Waals surface area contributed by atoms with Gasteiger partial charge in [0.15, 0.2) is 16.4 Å². The second-order valence-corrected chi connectivity index (χ2v) is 6.44. The van der Waals surface area contributed by atoms with Crippen molar-refractivity contribution >= 4 is 15.5 Å². The van der Waals surface area contributed by atoms with Crippen molar-refractivity contribution in [3.63, 3.8) is 0 Å². The lowest BCUT2D eigenvalue weighted by Gasteiger charge is -2.12. The van der Waals surface area contributed by atoms with Gasteiger partial charge in [-0.15, -0.1) is 0 Å². The predicted molar refractivity (Wildman–Crippen MR) is 68.2 cm³/mol. The minimum Gasteiger partial charge on any atom is -0.479 e. The van der Waals surface area contributed by atoms with Gasteiger partial charge in [0, 0.05) is 11.7 Å². The molecule has 1 saturated heterocycles. The molecule has 1 fully saturated rings. The molecule has 18 heavy (non-hydrogen) atoms. The summed E-state index contributed by atoms with van der Waals surface area (Å²) < 4.78 is 27.8. The van der Waals surface area contributed by atoms with E-state index < -0.39 is 9.84 Å². The molecule has 0 saturated carbocycles. The Hall–Kier alpha value is -1.74. The SMILES string of the molecule is N#CCOc1ccc(NC2CCS(=O)(=O)C2)cc1. The number of nitrogens with one attached hydrogen (secondary N) is 1. The monoisotopic (exact) mass is 266 g/mol. The van der Waals surface area contributed by atoms with Crippen LogP contribution in [0.5, 0.6) is 5.75 Å². The highest BCUT2D eigenvalue weighted by Gasteiger charge is 2.27. The summed E-state index contributed by atoms with van der Waals surface area (Å²) in [5.74, 6) is 1.08. The molecule has 1 aromatic carbocycles. The maximum absolute atomic E-state index is 11.3. The van der Waals surface area contributed by atoms with Crippen LogP contribution in [-0.2, 0) is 9.84 Å². The number of nitrogens with zero attached hydrogens (tertiary/aromatic N) is 1. The Kier molecular flexibility index (Phi) is 3.72. The summed E-state index contributed by atoms with van der Waals surface area (Å²) in [6.07, 6.45) is 0.648. The zero-order valence-electron chi connectivity index (χ0n) is 9.80. The number of rotatable bonds is 4. The van der Waals surface area contributed by atoms with Crippen LogP contribution in [0.4, 0.5) is 5.69 Å². The number of hydrogen-bond donors (Lipinski definition) is 1. The minimum atomic E-state index is -2.86. The Morgan fingerprint density at radius 2 is 2.11 bits per heavy atom. The smallest absolute Gasteiger partial charge is 0.174 e. The number of ether oxygens (including phenoxy) is 1. The second-order valence-electron chi connectivity index (χ2n) is 4.22. The highest BCUT2D eigenvalue weighted by atomic mass is 32.2. The molecule has 1 aromatic rings. The second kappa shape index (κ2) is 5.27. The van der Waals surface area contributed by atoms with Crippen molar-refractivity contribution in [2.24, 2.45) is 0 Å². The fourth-order valence-electron chi connectivity index (χ4n) is 1.91. The quantitative estimate of drug-likeness (QED) is 0.885. The van der Waals surface area contributed by atoms with Gasteiger partial charge in [-0.1, -0.05) is 0 Å². The molecule has 1 heterocycles. The van der Waals surface area contributed by atoms with E-state index in [0.29, 0.717) is 12.2 Å². The number of nitriles is 1. The van der Waals surface area contributed by atoms with Crippen molar-refractivity contribution in [1.82, 2.24) is 0 Å². The van der Waals surface area contributed by atoms with Gasteiger partial charge in [0.1, 0.15) is 11.8 Å². The van der Waals surface area contributed by atoms with Crippen molar-refractivity contribution in [2.45, 2.75) is 12.5 Å². The molecule has 1 unspecified atom stereocenters. The number of anilines is 1. The molecule has 0 aromatic heterocycles. The molecule has 0 amide bonds. The maximum atomic E-state index is 11.3. The summed E-state index contributed by atoms with van der Waals surface area (Å²) >= 11 is 0. The standard InChI is InChI=1S/C12H14N2O3S/c13-6-7-17-12-3-1-10(2-4-12)14-11-5-8-18(15,16)9-11/h1-4,11,14H,5,7-9H2. The first-order chi connectivity index (χ1) is 8.59. The first-order valence-corrected chi connectivity index (χ1v) is 7.48. The third-order valence-corrected chi connectivity index (χ3v) is 4.53. The summed E-state index contributed by atoms with van der Waals surface area (Å²) in [7, 11) is -2.86. The van der Waals surface area contributed by atoms with Gasteiger partial charge in [0.05, 0.1) is 11.5 Å². The number of benzene rings is 1. The summed E-state index contributed by atoms with van der Waals surface area (Å²) in [5.41, 5.74) is 0.862. The Morgan fingerprint density at radius 1 is 1.39 bits per heavy atom.